The predicted octanol–water partition coefficient (Wildman–Crippen LogP) is 2.82. The van der Waals surface area contributed by atoms with Gasteiger partial charge in [0, 0.05) is 18.5 Å². The van der Waals surface area contributed by atoms with Crippen molar-refractivity contribution in [3.8, 4) is 0 Å². The third-order valence-corrected chi connectivity index (χ3v) is 4.64. The maximum Gasteiger partial charge on any atom is 0.306 e. The molecular weight excluding hydrogens is 285 g/mol. The molecule has 1 amide bonds. The summed E-state index contributed by atoms with van der Waals surface area (Å²) in [5.74, 6) is -1.67. The van der Waals surface area contributed by atoms with Gasteiger partial charge in [0.15, 0.2) is 0 Å². The van der Waals surface area contributed by atoms with E-state index in [9.17, 15) is 14.0 Å². The Hall–Kier alpha value is -1.91. The number of benzene rings is 1. The van der Waals surface area contributed by atoms with Crippen LogP contribution in [0.3, 0.4) is 0 Å². The molecule has 0 heterocycles. The zero-order valence-corrected chi connectivity index (χ0v) is 12.4. The predicted molar refractivity (Wildman–Crippen MR) is 78.4 cm³/mol. The summed E-state index contributed by atoms with van der Waals surface area (Å²) in [6.45, 7) is 0.412. The molecule has 4 nitrogen and oxygen atoms in total. The summed E-state index contributed by atoms with van der Waals surface area (Å²) in [7, 11) is 0. The normalized spacial score (nSPS) is 24.2. The first-order valence-corrected chi connectivity index (χ1v) is 7.82. The van der Waals surface area contributed by atoms with E-state index in [0.717, 1.165) is 18.4 Å². The molecule has 118 valence electrons. The van der Waals surface area contributed by atoms with Gasteiger partial charge in [-0.15, -0.1) is 0 Å². The van der Waals surface area contributed by atoms with Gasteiger partial charge in [0.05, 0.1) is 5.92 Å². The SMILES string of the molecule is O=C(O)[C@@H]1CC[C@H](C(=O)N(Cc2cccc(F)c2)C2CC2)C1. The van der Waals surface area contributed by atoms with Gasteiger partial charge in [-0.2, -0.15) is 0 Å². The number of carbonyl (C=O) groups is 2. The van der Waals surface area contributed by atoms with Crippen LogP contribution < -0.4 is 0 Å². The Morgan fingerprint density at radius 2 is 1.91 bits per heavy atom. The number of rotatable bonds is 5. The van der Waals surface area contributed by atoms with Gasteiger partial charge in [0.25, 0.3) is 0 Å². The zero-order valence-electron chi connectivity index (χ0n) is 12.4. The number of hydrogen-bond acceptors (Lipinski definition) is 2. The first kappa shape index (κ1) is 15.0. The number of nitrogens with zero attached hydrogens (tertiary/aromatic N) is 1. The summed E-state index contributed by atoms with van der Waals surface area (Å²) in [6, 6.07) is 6.55. The number of aliphatic carboxylic acids is 1. The summed E-state index contributed by atoms with van der Waals surface area (Å²) in [5.41, 5.74) is 0.785. The fourth-order valence-electron chi connectivity index (χ4n) is 3.27. The van der Waals surface area contributed by atoms with Gasteiger partial charge in [-0.3, -0.25) is 9.59 Å². The topological polar surface area (TPSA) is 57.6 Å². The van der Waals surface area contributed by atoms with Gasteiger partial charge in [0.1, 0.15) is 5.82 Å². The van der Waals surface area contributed by atoms with Crippen LogP contribution in [0.4, 0.5) is 4.39 Å². The minimum absolute atomic E-state index is 0.0375. The second kappa shape index (κ2) is 6.07. The Balaban J connectivity index is 1.69. The monoisotopic (exact) mass is 305 g/mol. The Labute approximate surface area is 128 Å². The molecule has 0 aliphatic heterocycles. The van der Waals surface area contributed by atoms with Crippen molar-refractivity contribution in [2.75, 3.05) is 0 Å². The lowest BCUT2D eigenvalue weighted by Crippen LogP contribution is -2.36. The van der Waals surface area contributed by atoms with Crippen LogP contribution in [0.1, 0.15) is 37.7 Å². The summed E-state index contributed by atoms with van der Waals surface area (Å²) in [6.07, 6.45) is 3.61. The van der Waals surface area contributed by atoms with Gasteiger partial charge in [-0.05, 0) is 49.8 Å². The Kier molecular flexibility index (Phi) is 4.14. The van der Waals surface area contributed by atoms with Gasteiger partial charge in [-0.1, -0.05) is 12.1 Å². The number of carboxylic acids is 1. The van der Waals surface area contributed by atoms with E-state index in [1.54, 1.807) is 6.07 Å². The van der Waals surface area contributed by atoms with Crippen molar-refractivity contribution in [3.63, 3.8) is 0 Å². The van der Waals surface area contributed by atoms with E-state index in [-0.39, 0.29) is 23.7 Å². The first-order valence-electron chi connectivity index (χ1n) is 7.82. The van der Waals surface area contributed by atoms with Gasteiger partial charge < -0.3 is 10.0 Å². The molecule has 0 unspecified atom stereocenters. The zero-order chi connectivity index (χ0) is 15.7. The Bertz CT molecular complexity index is 585. The highest BCUT2D eigenvalue weighted by Gasteiger charge is 2.40. The van der Waals surface area contributed by atoms with Crippen LogP contribution in [0, 0.1) is 17.7 Å². The molecule has 3 rings (SSSR count). The minimum atomic E-state index is -0.807. The number of halogens is 1. The van der Waals surface area contributed by atoms with Crippen molar-refractivity contribution >= 4 is 11.9 Å². The van der Waals surface area contributed by atoms with Gasteiger partial charge >= 0.3 is 5.97 Å². The maximum atomic E-state index is 13.3. The molecule has 1 N–H and O–H groups in total. The third kappa shape index (κ3) is 3.29. The highest BCUT2D eigenvalue weighted by Crippen LogP contribution is 2.36. The molecule has 1 aromatic rings. The smallest absolute Gasteiger partial charge is 0.306 e. The molecule has 1 aromatic carbocycles. The summed E-state index contributed by atoms with van der Waals surface area (Å²) in [5, 5.41) is 9.07. The molecule has 0 saturated heterocycles. The van der Waals surface area contributed by atoms with Crippen molar-refractivity contribution in [1.82, 2.24) is 4.90 Å². The Morgan fingerprint density at radius 3 is 2.50 bits per heavy atom. The lowest BCUT2D eigenvalue weighted by molar-refractivity contribution is -0.141. The Morgan fingerprint density at radius 1 is 1.18 bits per heavy atom. The molecule has 2 fully saturated rings. The van der Waals surface area contributed by atoms with E-state index in [4.69, 9.17) is 5.11 Å². The molecule has 0 aromatic heterocycles. The molecule has 22 heavy (non-hydrogen) atoms. The van der Waals surface area contributed by atoms with Crippen LogP contribution in [0.25, 0.3) is 0 Å². The highest BCUT2D eigenvalue weighted by atomic mass is 19.1. The lowest BCUT2D eigenvalue weighted by atomic mass is 10.0. The van der Waals surface area contributed by atoms with E-state index in [1.165, 1.54) is 12.1 Å². The van der Waals surface area contributed by atoms with Crippen molar-refractivity contribution in [2.45, 2.75) is 44.7 Å². The second-order valence-electron chi connectivity index (χ2n) is 6.37. The van der Waals surface area contributed by atoms with Crippen molar-refractivity contribution in [1.29, 1.82) is 0 Å². The largest absolute Gasteiger partial charge is 0.481 e. The summed E-state index contributed by atoms with van der Waals surface area (Å²) >= 11 is 0. The molecule has 2 aliphatic carbocycles. The van der Waals surface area contributed by atoms with Crippen LogP contribution in [-0.4, -0.2) is 27.9 Å². The molecule has 0 spiro atoms. The summed E-state index contributed by atoms with van der Waals surface area (Å²) in [4.78, 5) is 25.6. The van der Waals surface area contributed by atoms with Crippen LogP contribution in [0.5, 0.6) is 0 Å². The van der Waals surface area contributed by atoms with Crippen LogP contribution in [-0.2, 0) is 16.1 Å². The van der Waals surface area contributed by atoms with Crippen LogP contribution >= 0.6 is 0 Å². The third-order valence-electron chi connectivity index (χ3n) is 4.64. The van der Waals surface area contributed by atoms with Crippen molar-refractivity contribution < 1.29 is 19.1 Å². The fourth-order valence-corrected chi connectivity index (χ4v) is 3.27. The van der Waals surface area contributed by atoms with E-state index >= 15 is 0 Å². The molecular formula is C17H20FNO3. The number of carboxylic acid groups (broad SMARTS) is 1. The lowest BCUT2D eigenvalue weighted by Gasteiger charge is -2.26. The first-order chi connectivity index (χ1) is 10.5. The molecule has 5 heteroatoms. The van der Waals surface area contributed by atoms with Crippen molar-refractivity contribution in [2.24, 2.45) is 11.8 Å². The molecule has 2 saturated carbocycles. The minimum Gasteiger partial charge on any atom is -0.481 e. The van der Waals surface area contributed by atoms with Crippen molar-refractivity contribution in [3.05, 3.63) is 35.6 Å². The van der Waals surface area contributed by atoms with E-state index in [1.807, 2.05) is 11.0 Å². The average molecular weight is 305 g/mol. The van der Waals surface area contributed by atoms with E-state index < -0.39 is 11.9 Å². The molecule has 2 atom stereocenters. The molecule has 0 bridgehead atoms. The highest BCUT2D eigenvalue weighted by molar-refractivity contribution is 5.81. The van der Waals surface area contributed by atoms with Gasteiger partial charge in [0.2, 0.25) is 5.91 Å². The fraction of sp³-hybridized carbons (Fsp3) is 0.529. The standard InChI is InChI=1S/C17H20FNO3/c18-14-3-1-2-11(8-14)10-19(15-6-7-15)16(20)12-4-5-13(9-12)17(21)22/h1-3,8,12-13,15H,4-7,9-10H2,(H,21,22)/t12-,13+/m0/s1. The summed E-state index contributed by atoms with van der Waals surface area (Å²) < 4.78 is 13.3. The molecule has 0 radical (unpaired) electrons. The number of amides is 1. The molecule has 2 aliphatic rings. The van der Waals surface area contributed by atoms with Gasteiger partial charge in [-0.25, -0.2) is 4.39 Å². The number of carbonyl (C=O) groups excluding carboxylic acids is 1. The maximum absolute atomic E-state index is 13.3. The van der Waals surface area contributed by atoms with E-state index in [2.05, 4.69) is 0 Å². The second-order valence-corrected chi connectivity index (χ2v) is 6.37. The van der Waals surface area contributed by atoms with Crippen LogP contribution in [0.15, 0.2) is 24.3 Å². The quantitative estimate of drug-likeness (QED) is 0.910. The van der Waals surface area contributed by atoms with E-state index in [0.29, 0.717) is 25.8 Å². The number of hydrogen-bond donors (Lipinski definition) is 1. The van der Waals surface area contributed by atoms with Crippen LogP contribution in [0.2, 0.25) is 0 Å². The average Bonchev–Trinajstić information content (AvgIpc) is 3.19.